The van der Waals surface area contributed by atoms with E-state index in [-0.39, 0.29) is 17.6 Å². The number of aliphatic hydroxyl groups is 1. The molecule has 1 aliphatic rings. The summed E-state index contributed by atoms with van der Waals surface area (Å²) in [5.41, 5.74) is -0.469. The first-order valence-electron chi connectivity index (χ1n) is 6.86. The van der Waals surface area contributed by atoms with Gasteiger partial charge in [-0.15, -0.1) is 0 Å². The number of nitrogens with zero attached hydrogens (tertiary/aromatic N) is 2. The molecule has 0 atom stereocenters. The molecule has 2 rings (SSSR count). The number of hydrogen-bond acceptors (Lipinski definition) is 5. The molecule has 1 aromatic heterocycles. The first kappa shape index (κ1) is 15.7. The zero-order valence-corrected chi connectivity index (χ0v) is 13.8. The molecule has 20 heavy (non-hydrogen) atoms. The molecule has 2 N–H and O–H groups in total. The maximum atomic E-state index is 9.73. The van der Waals surface area contributed by atoms with Crippen LogP contribution in [0.3, 0.4) is 0 Å². The SMILES string of the molecule is CC(C)(C)c1nc(Br)cc(NC2(CO)CCOCC2)n1. The van der Waals surface area contributed by atoms with Gasteiger partial charge in [-0.3, -0.25) is 0 Å². The van der Waals surface area contributed by atoms with Crippen LogP contribution in [-0.4, -0.2) is 40.4 Å². The van der Waals surface area contributed by atoms with Gasteiger partial charge in [-0.1, -0.05) is 20.8 Å². The van der Waals surface area contributed by atoms with Crippen LogP contribution in [0.5, 0.6) is 0 Å². The molecule has 0 aliphatic carbocycles. The number of nitrogens with one attached hydrogen (secondary N) is 1. The molecule has 1 aliphatic heterocycles. The molecule has 0 saturated carbocycles. The number of ether oxygens (including phenoxy) is 1. The predicted octanol–water partition coefficient (Wildman–Crippen LogP) is 2.49. The Kier molecular flexibility index (Phi) is 4.66. The van der Waals surface area contributed by atoms with E-state index < -0.39 is 0 Å². The van der Waals surface area contributed by atoms with Crippen molar-refractivity contribution in [3.8, 4) is 0 Å². The van der Waals surface area contributed by atoms with Gasteiger partial charge in [0.15, 0.2) is 0 Å². The fourth-order valence-corrected chi connectivity index (χ4v) is 2.56. The van der Waals surface area contributed by atoms with Crippen LogP contribution in [-0.2, 0) is 10.2 Å². The van der Waals surface area contributed by atoms with E-state index in [0.717, 1.165) is 29.1 Å². The summed E-state index contributed by atoms with van der Waals surface area (Å²) in [6.07, 6.45) is 1.55. The van der Waals surface area contributed by atoms with Crippen molar-refractivity contribution in [1.29, 1.82) is 0 Å². The van der Waals surface area contributed by atoms with E-state index >= 15 is 0 Å². The van der Waals surface area contributed by atoms with Crippen LogP contribution in [0.25, 0.3) is 0 Å². The lowest BCUT2D eigenvalue weighted by atomic mass is 9.91. The smallest absolute Gasteiger partial charge is 0.137 e. The number of rotatable bonds is 3. The zero-order valence-electron chi connectivity index (χ0n) is 12.2. The molecule has 0 amide bonds. The normalized spacial score (nSPS) is 18.9. The van der Waals surface area contributed by atoms with Crippen molar-refractivity contribution in [2.24, 2.45) is 0 Å². The van der Waals surface area contributed by atoms with E-state index in [4.69, 9.17) is 4.74 Å². The third-order valence-corrected chi connectivity index (χ3v) is 3.92. The summed E-state index contributed by atoms with van der Waals surface area (Å²) in [6, 6.07) is 1.85. The lowest BCUT2D eigenvalue weighted by molar-refractivity contribution is 0.0378. The predicted molar refractivity (Wildman–Crippen MR) is 81.9 cm³/mol. The molecule has 1 saturated heterocycles. The van der Waals surface area contributed by atoms with Crippen LogP contribution in [0.4, 0.5) is 5.82 Å². The molecule has 6 heteroatoms. The van der Waals surface area contributed by atoms with E-state index in [1.807, 2.05) is 6.07 Å². The summed E-state index contributed by atoms with van der Waals surface area (Å²) in [4.78, 5) is 9.01. The minimum atomic E-state index is -0.346. The van der Waals surface area contributed by atoms with Crippen molar-refractivity contribution < 1.29 is 9.84 Å². The highest BCUT2D eigenvalue weighted by Gasteiger charge is 2.32. The van der Waals surface area contributed by atoms with Crippen LogP contribution in [0.1, 0.15) is 39.4 Å². The van der Waals surface area contributed by atoms with Gasteiger partial charge in [-0.05, 0) is 28.8 Å². The van der Waals surface area contributed by atoms with E-state index in [9.17, 15) is 5.11 Å². The highest BCUT2D eigenvalue weighted by molar-refractivity contribution is 9.10. The highest BCUT2D eigenvalue weighted by Crippen LogP contribution is 2.28. The summed E-state index contributed by atoms with van der Waals surface area (Å²) < 4.78 is 6.12. The lowest BCUT2D eigenvalue weighted by Crippen LogP contribution is -2.47. The van der Waals surface area contributed by atoms with E-state index in [1.54, 1.807) is 0 Å². The summed E-state index contributed by atoms with van der Waals surface area (Å²) in [5.74, 6) is 1.52. The Labute approximate surface area is 128 Å². The van der Waals surface area contributed by atoms with Gasteiger partial charge < -0.3 is 15.2 Å². The number of aliphatic hydroxyl groups excluding tert-OH is 1. The van der Waals surface area contributed by atoms with Crippen molar-refractivity contribution in [1.82, 2.24) is 9.97 Å². The number of aromatic nitrogens is 2. The Balaban J connectivity index is 2.26. The highest BCUT2D eigenvalue weighted by atomic mass is 79.9. The monoisotopic (exact) mass is 343 g/mol. The van der Waals surface area contributed by atoms with Gasteiger partial charge in [0.1, 0.15) is 16.2 Å². The maximum absolute atomic E-state index is 9.73. The molecule has 0 aromatic carbocycles. The van der Waals surface area contributed by atoms with Gasteiger partial charge in [0.25, 0.3) is 0 Å². The molecule has 1 aromatic rings. The third-order valence-electron chi connectivity index (χ3n) is 3.51. The van der Waals surface area contributed by atoms with E-state index in [0.29, 0.717) is 13.2 Å². The number of halogens is 1. The Bertz CT molecular complexity index is 468. The average molecular weight is 344 g/mol. The minimum Gasteiger partial charge on any atom is -0.394 e. The van der Waals surface area contributed by atoms with Gasteiger partial charge in [-0.2, -0.15) is 0 Å². The molecule has 112 valence electrons. The van der Waals surface area contributed by atoms with Crippen molar-refractivity contribution >= 4 is 21.7 Å². The second-order valence-corrected chi connectivity index (χ2v) is 7.14. The minimum absolute atomic E-state index is 0.0723. The quantitative estimate of drug-likeness (QED) is 0.825. The van der Waals surface area contributed by atoms with E-state index in [1.165, 1.54) is 0 Å². The molecule has 1 fully saturated rings. The summed E-state index contributed by atoms with van der Waals surface area (Å²) in [6.45, 7) is 7.62. The summed E-state index contributed by atoms with van der Waals surface area (Å²) in [7, 11) is 0. The molecule has 0 bridgehead atoms. The van der Waals surface area contributed by atoms with Gasteiger partial charge in [-0.25, -0.2) is 9.97 Å². The summed E-state index contributed by atoms with van der Waals surface area (Å²) in [5, 5.41) is 13.1. The average Bonchev–Trinajstić information content (AvgIpc) is 2.38. The first-order chi connectivity index (χ1) is 9.35. The first-order valence-corrected chi connectivity index (χ1v) is 7.66. The lowest BCUT2D eigenvalue weighted by Gasteiger charge is -2.37. The van der Waals surface area contributed by atoms with E-state index in [2.05, 4.69) is 52.0 Å². The Hall–Kier alpha value is -0.720. The van der Waals surface area contributed by atoms with Crippen molar-refractivity contribution in [3.05, 3.63) is 16.5 Å². The molecule has 5 nitrogen and oxygen atoms in total. The molecule has 0 radical (unpaired) electrons. The largest absolute Gasteiger partial charge is 0.394 e. The van der Waals surface area contributed by atoms with Gasteiger partial charge in [0.05, 0.1) is 12.1 Å². The third kappa shape index (κ3) is 3.68. The Morgan fingerprint density at radius 3 is 2.55 bits per heavy atom. The van der Waals surface area contributed by atoms with Crippen LogP contribution >= 0.6 is 15.9 Å². The fourth-order valence-electron chi connectivity index (χ4n) is 2.17. The second-order valence-electron chi connectivity index (χ2n) is 6.33. The van der Waals surface area contributed by atoms with Crippen LogP contribution in [0.2, 0.25) is 0 Å². The zero-order chi connectivity index (χ0) is 14.8. The van der Waals surface area contributed by atoms with Gasteiger partial charge in [0.2, 0.25) is 0 Å². The summed E-state index contributed by atoms with van der Waals surface area (Å²) >= 11 is 3.43. The van der Waals surface area contributed by atoms with Crippen molar-refractivity contribution in [2.45, 2.75) is 44.6 Å². The Morgan fingerprint density at radius 1 is 1.35 bits per heavy atom. The topological polar surface area (TPSA) is 67.3 Å². The standard InChI is InChI=1S/C14H22BrN3O2/c1-13(2,3)12-16-10(15)8-11(17-12)18-14(9-19)4-6-20-7-5-14/h8,19H,4-7,9H2,1-3H3,(H,16,17,18). The van der Waals surface area contributed by atoms with Crippen molar-refractivity contribution in [3.63, 3.8) is 0 Å². The fraction of sp³-hybridized carbons (Fsp3) is 0.714. The van der Waals surface area contributed by atoms with Gasteiger partial charge >= 0.3 is 0 Å². The molecule has 2 heterocycles. The molecular formula is C14H22BrN3O2. The maximum Gasteiger partial charge on any atom is 0.137 e. The number of anilines is 1. The van der Waals surface area contributed by atoms with Crippen molar-refractivity contribution in [2.75, 3.05) is 25.1 Å². The second kappa shape index (κ2) is 5.95. The van der Waals surface area contributed by atoms with Crippen LogP contribution in [0.15, 0.2) is 10.7 Å². The van der Waals surface area contributed by atoms with Crippen LogP contribution < -0.4 is 5.32 Å². The van der Waals surface area contributed by atoms with Crippen LogP contribution in [0, 0.1) is 0 Å². The van der Waals surface area contributed by atoms with Gasteiger partial charge in [0, 0.05) is 24.7 Å². The molecule has 0 unspecified atom stereocenters. The number of hydrogen-bond donors (Lipinski definition) is 2. The molecular weight excluding hydrogens is 322 g/mol. The Morgan fingerprint density at radius 2 is 2.00 bits per heavy atom. The molecule has 0 spiro atoms.